The Morgan fingerprint density at radius 3 is 2.55 bits per heavy atom. The van der Waals surface area contributed by atoms with E-state index in [0.29, 0.717) is 0 Å². The Morgan fingerprint density at radius 1 is 1.35 bits per heavy atom. The number of imidazole rings is 1. The quantitative estimate of drug-likeness (QED) is 0.351. The minimum atomic E-state index is -1.82. The average molecular weight is 289 g/mol. The third-order valence-electron chi connectivity index (χ3n) is 2.92. The molecule has 1 aliphatic heterocycles. The Kier molecular flexibility index (Phi) is 3.92. The SMILES string of the molecule is Cn1cc(OC(=O)[C@H]2O[C@@H](O)[C@H](O)[C@@H](O)[C@@H]2O)nc1N. The van der Waals surface area contributed by atoms with Crippen LogP contribution in [0.25, 0.3) is 0 Å². The monoisotopic (exact) mass is 289 g/mol. The van der Waals surface area contributed by atoms with Crippen LogP contribution < -0.4 is 10.5 Å². The van der Waals surface area contributed by atoms with Crippen molar-refractivity contribution in [1.29, 1.82) is 0 Å². The van der Waals surface area contributed by atoms with Crippen LogP contribution >= 0.6 is 0 Å². The predicted octanol–water partition coefficient (Wildman–Crippen LogP) is -3.29. The molecule has 0 aliphatic carbocycles. The topological polar surface area (TPSA) is 160 Å². The van der Waals surface area contributed by atoms with Crippen LogP contribution in [0, 0.1) is 0 Å². The number of esters is 1. The number of aliphatic hydroxyl groups excluding tert-OH is 4. The van der Waals surface area contributed by atoms with E-state index in [-0.39, 0.29) is 11.8 Å². The molecule has 20 heavy (non-hydrogen) atoms. The lowest BCUT2D eigenvalue weighted by Gasteiger charge is -2.36. The molecule has 1 aromatic heterocycles. The van der Waals surface area contributed by atoms with Gasteiger partial charge in [0.25, 0.3) is 0 Å². The van der Waals surface area contributed by atoms with E-state index in [4.69, 9.17) is 15.2 Å². The maximum absolute atomic E-state index is 11.8. The third-order valence-corrected chi connectivity index (χ3v) is 2.92. The maximum atomic E-state index is 11.8. The highest BCUT2D eigenvalue weighted by Crippen LogP contribution is 2.21. The standard InChI is InChI=1S/C10H15N3O7/c1-13-2-3(12-10(13)11)19-9(18)7-5(15)4(14)6(16)8(17)20-7/h2,4-8,14-17H,1H3,(H2,11,12)/t4-,5-,6+,7-,8+/m0/s1. The number of aliphatic hydroxyl groups is 4. The van der Waals surface area contributed by atoms with Crippen LogP contribution in [0.2, 0.25) is 0 Å². The van der Waals surface area contributed by atoms with Crippen LogP contribution in [-0.2, 0) is 16.6 Å². The van der Waals surface area contributed by atoms with Gasteiger partial charge >= 0.3 is 5.97 Å². The summed E-state index contributed by atoms with van der Waals surface area (Å²) in [6.07, 6.45) is -7.37. The molecule has 0 saturated carbocycles. The molecule has 1 fully saturated rings. The molecule has 0 unspecified atom stereocenters. The van der Waals surface area contributed by atoms with Crippen molar-refractivity contribution in [2.75, 3.05) is 5.73 Å². The Bertz CT molecular complexity index is 486. The molecule has 112 valence electrons. The number of anilines is 1. The summed E-state index contributed by atoms with van der Waals surface area (Å²) in [5, 5.41) is 37.7. The number of aryl methyl sites for hydroxylation is 1. The van der Waals surface area contributed by atoms with Gasteiger partial charge in [0.05, 0.1) is 6.20 Å². The smallest absolute Gasteiger partial charge is 0.345 e. The minimum absolute atomic E-state index is 0.105. The van der Waals surface area contributed by atoms with Gasteiger partial charge in [-0.2, -0.15) is 4.98 Å². The Hall–Kier alpha value is -1.72. The van der Waals surface area contributed by atoms with E-state index in [2.05, 4.69) is 4.98 Å². The molecular formula is C10H15N3O7. The average Bonchev–Trinajstić information content (AvgIpc) is 2.70. The molecule has 0 radical (unpaired) electrons. The number of nitrogens with zero attached hydrogens (tertiary/aromatic N) is 2. The van der Waals surface area contributed by atoms with Crippen molar-refractivity contribution in [3.63, 3.8) is 0 Å². The lowest BCUT2D eigenvalue weighted by Crippen LogP contribution is -2.60. The molecule has 1 aliphatic rings. The number of nitrogens with two attached hydrogens (primary N) is 1. The van der Waals surface area contributed by atoms with Gasteiger partial charge in [0.1, 0.15) is 18.3 Å². The van der Waals surface area contributed by atoms with E-state index in [1.165, 1.54) is 10.8 Å². The van der Waals surface area contributed by atoms with Crippen LogP contribution in [0.5, 0.6) is 5.88 Å². The highest BCUT2D eigenvalue weighted by Gasteiger charge is 2.47. The van der Waals surface area contributed by atoms with E-state index in [0.717, 1.165) is 0 Å². The molecule has 0 aromatic carbocycles. The normalized spacial score (nSPS) is 34.0. The number of carbonyl (C=O) groups excluding carboxylic acids is 1. The highest BCUT2D eigenvalue weighted by atomic mass is 16.7. The largest absolute Gasteiger partial charge is 0.404 e. The number of hydrogen-bond donors (Lipinski definition) is 5. The molecule has 1 aromatic rings. The van der Waals surface area contributed by atoms with E-state index in [1.54, 1.807) is 7.05 Å². The number of nitrogen functional groups attached to an aromatic ring is 1. The first-order valence-corrected chi connectivity index (χ1v) is 5.69. The van der Waals surface area contributed by atoms with Crippen molar-refractivity contribution in [2.45, 2.75) is 30.7 Å². The zero-order valence-corrected chi connectivity index (χ0v) is 10.4. The zero-order chi connectivity index (χ0) is 15.0. The van der Waals surface area contributed by atoms with Gasteiger partial charge in [0.15, 0.2) is 12.4 Å². The number of hydrogen-bond acceptors (Lipinski definition) is 9. The molecule has 1 saturated heterocycles. The molecule has 6 N–H and O–H groups in total. The molecule has 10 nitrogen and oxygen atoms in total. The van der Waals surface area contributed by atoms with Crippen molar-refractivity contribution in [3.05, 3.63) is 6.20 Å². The maximum Gasteiger partial charge on any atom is 0.345 e. The van der Waals surface area contributed by atoms with Gasteiger partial charge in [-0.25, -0.2) is 4.79 Å². The van der Waals surface area contributed by atoms with E-state index >= 15 is 0 Å². The lowest BCUT2D eigenvalue weighted by atomic mass is 9.99. The fourth-order valence-corrected chi connectivity index (χ4v) is 1.72. The second-order valence-electron chi connectivity index (χ2n) is 4.39. The van der Waals surface area contributed by atoms with Crippen LogP contribution in [0.3, 0.4) is 0 Å². The summed E-state index contributed by atoms with van der Waals surface area (Å²) in [4.78, 5) is 15.5. The Balaban J connectivity index is 2.08. The first-order chi connectivity index (χ1) is 9.31. The van der Waals surface area contributed by atoms with Gasteiger partial charge in [-0.15, -0.1) is 0 Å². The van der Waals surface area contributed by atoms with Gasteiger partial charge in [-0.3, -0.25) is 0 Å². The van der Waals surface area contributed by atoms with E-state index < -0.39 is 36.7 Å². The summed E-state index contributed by atoms with van der Waals surface area (Å²) < 4.78 is 10.9. The molecule has 0 bridgehead atoms. The Labute approximate surface area is 113 Å². The van der Waals surface area contributed by atoms with Gasteiger partial charge in [0, 0.05) is 7.05 Å². The van der Waals surface area contributed by atoms with Crippen molar-refractivity contribution in [1.82, 2.24) is 9.55 Å². The first-order valence-electron chi connectivity index (χ1n) is 5.69. The number of ether oxygens (including phenoxy) is 2. The molecule has 10 heteroatoms. The summed E-state index contributed by atoms with van der Waals surface area (Å²) in [6, 6.07) is 0. The molecule has 0 amide bonds. The van der Waals surface area contributed by atoms with Crippen LogP contribution in [0.1, 0.15) is 0 Å². The zero-order valence-electron chi connectivity index (χ0n) is 10.4. The molecule has 2 heterocycles. The Morgan fingerprint density at radius 2 is 2.00 bits per heavy atom. The van der Waals surface area contributed by atoms with Crippen LogP contribution in [0.15, 0.2) is 6.20 Å². The van der Waals surface area contributed by atoms with Crippen molar-refractivity contribution < 1.29 is 34.7 Å². The molecule has 5 atom stereocenters. The third kappa shape index (κ3) is 2.59. The fraction of sp³-hybridized carbons (Fsp3) is 0.600. The summed E-state index contributed by atoms with van der Waals surface area (Å²) in [7, 11) is 1.58. The minimum Gasteiger partial charge on any atom is -0.404 e. The molecule has 0 spiro atoms. The second kappa shape index (κ2) is 5.34. The first kappa shape index (κ1) is 14.7. The van der Waals surface area contributed by atoms with Crippen molar-refractivity contribution >= 4 is 11.9 Å². The van der Waals surface area contributed by atoms with Gasteiger partial charge in [0.2, 0.25) is 11.8 Å². The van der Waals surface area contributed by atoms with Gasteiger partial charge in [-0.1, -0.05) is 0 Å². The van der Waals surface area contributed by atoms with Crippen molar-refractivity contribution in [2.24, 2.45) is 7.05 Å². The number of rotatable bonds is 2. The van der Waals surface area contributed by atoms with Crippen LogP contribution in [0.4, 0.5) is 5.95 Å². The summed E-state index contributed by atoms with van der Waals surface area (Å²) in [5.74, 6) is -1.10. The number of carbonyl (C=O) groups is 1. The molecular weight excluding hydrogens is 274 g/mol. The van der Waals surface area contributed by atoms with Crippen molar-refractivity contribution in [3.8, 4) is 5.88 Å². The second-order valence-corrected chi connectivity index (χ2v) is 4.39. The predicted molar refractivity (Wildman–Crippen MR) is 62.2 cm³/mol. The highest BCUT2D eigenvalue weighted by molar-refractivity contribution is 5.78. The summed E-state index contributed by atoms with van der Waals surface area (Å²) in [5.41, 5.74) is 5.45. The van der Waals surface area contributed by atoms with E-state index in [9.17, 15) is 25.2 Å². The van der Waals surface area contributed by atoms with E-state index in [1.807, 2.05) is 0 Å². The number of aromatic nitrogens is 2. The van der Waals surface area contributed by atoms with Crippen LogP contribution in [-0.4, -0.2) is 66.7 Å². The lowest BCUT2D eigenvalue weighted by molar-refractivity contribution is -0.279. The van der Waals surface area contributed by atoms with Gasteiger partial charge in [-0.05, 0) is 0 Å². The summed E-state index contributed by atoms with van der Waals surface area (Å²) >= 11 is 0. The molecule has 2 rings (SSSR count). The summed E-state index contributed by atoms with van der Waals surface area (Å²) in [6.45, 7) is 0. The fourth-order valence-electron chi connectivity index (χ4n) is 1.72. The van der Waals surface area contributed by atoms with Gasteiger partial charge < -0.3 is 40.2 Å².